The summed E-state index contributed by atoms with van der Waals surface area (Å²) in [5, 5.41) is 14.5. The first-order chi connectivity index (χ1) is 16.5. The summed E-state index contributed by atoms with van der Waals surface area (Å²) in [6.07, 6.45) is 4.20. The molecule has 3 heterocycles. The van der Waals surface area contributed by atoms with Crippen LogP contribution >= 0.6 is 0 Å². The molecule has 11 heteroatoms. The Balaban J connectivity index is 1.95. The van der Waals surface area contributed by atoms with E-state index in [1.807, 2.05) is 19.1 Å². The van der Waals surface area contributed by atoms with Crippen LogP contribution in [-0.2, 0) is 16.1 Å². The maximum absolute atomic E-state index is 13.2. The quantitative estimate of drug-likeness (QED) is 0.333. The van der Waals surface area contributed by atoms with E-state index in [-0.39, 0.29) is 30.4 Å². The number of pyridine rings is 2. The number of fused-ring (bicyclic) bond motifs is 1. The monoisotopic (exact) mass is 470 g/mol. The van der Waals surface area contributed by atoms with Gasteiger partial charge in [0.1, 0.15) is 0 Å². The van der Waals surface area contributed by atoms with Gasteiger partial charge in [-0.25, -0.2) is 15.0 Å². The van der Waals surface area contributed by atoms with Gasteiger partial charge in [0.2, 0.25) is 11.8 Å². The third kappa shape index (κ3) is 6.27. The average molecular weight is 471 g/mol. The van der Waals surface area contributed by atoms with Crippen molar-refractivity contribution >= 4 is 22.9 Å². The molecule has 34 heavy (non-hydrogen) atoms. The molecule has 0 bridgehead atoms. The lowest BCUT2D eigenvalue weighted by molar-refractivity contribution is -0.120. The largest absolute Gasteiger partial charge is 0.481 e. The molecule has 0 saturated heterocycles. The van der Waals surface area contributed by atoms with Crippen molar-refractivity contribution in [3.05, 3.63) is 40.9 Å². The molecular formula is C23H30N6O5. The van der Waals surface area contributed by atoms with Crippen LogP contribution in [0.2, 0.25) is 0 Å². The van der Waals surface area contributed by atoms with Crippen molar-refractivity contribution in [1.82, 2.24) is 24.8 Å². The van der Waals surface area contributed by atoms with E-state index < -0.39 is 6.04 Å². The lowest BCUT2D eigenvalue weighted by atomic mass is 10.1. The molecule has 1 unspecified atom stereocenters. The van der Waals surface area contributed by atoms with Gasteiger partial charge in [0.25, 0.3) is 5.56 Å². The highest BCUT2D eigenvalue weighted by molar-refractivity contribution is 5.82. The number of nitrogens with one attached hydrogen (secondary N) is 2. The van der Waals surface area contributed by atoms with Gasteiger partial charge in [-0.15, -0.1) is 0 Å². The van der Waals surface area contributed by atoms with Gasteiger partial charge in [-0.05, 0) is 25.5 Å². The fourth-order valence-corrected chi connectivity index (χ4v) is 3.23. The topological polar surface area (TPSA) is 140 Å². The lowest BCUT2D eigenvalue weighted by Crippen LogP contribution is -2.39. The first-order valence-corrected chi connectivity index (χ1v) is 11.1. The van der Waals surface area contributed by atoms with E-state index in [2.05, 4.69) is 25.6 Å². The Bertz CT molecular complexity index is 1160. The first-order valence-electron chi connectivity index (χ1n) is 11.1. The number of aliphatic hydroxyl groups excluding tert-OH is 1. The number of hydrogen-bond acceptors (Lipinski definition) is 9. The summed E-state index contributed by atoms with van der Waals surface area (Å²) in [6.45, 7) is 4.57. The molecule has 0 spiro atoms. The molecule has 3 aromatic heterocycles. The van der Waals surface area contributed by atoms with E-state index in [9.17, 15) is 9.59 Å². The Morgan fingerprint density at radius 2 is 2.00 bits per heavy atom. The van der Waals surface area contributed by atoms with Crippen LogP contribution in [0, 0.1) is 0 Å². The molecule has 3 N–H and O–H groups in total. The van der Waals surface area contributed by atoms with Gasteiger partial charge in [-0.3, -0.25) is 14.2 Å². The van der Waals surface area contributed by atoms with Gasteiger partial charge >= 0.3 is 0 Å². The van der Waals surface area contributed by atoms with Crippen LogP contribution in [0.4, 0.5) is 5.82 Å². The summed E-state index contributed by atoms with van der Waals surface area (Å²) >= 11 is 0. The molecule has 0 aliphatic rings. The molecule has 0 saturated carbocycles. The summed E-state index contributed by atoms with van der Waals surface area (Å²) in [5.41, 5.74) is 2.09. The highest BCUT2D eigenvalue weighted by Gasteiger charge is 2.15. The molecule has 3 rings (SSSR count). The molecule has 1 atom stereocenters. The Hall–Kier alpha value is -3.57. The van der Waals surface area contributed by atoms with Crippen molar-refractivity contribution in [2.45, 2.75) is 32.9 Å². The number of ether oxygens (including phenoxy) is 2. The summed E-state index contributed by atoms with van der Waals surface area (Å²) in [6, 6.07) is 5.05. The minimum Gasteiger partial charge on any atom is -0.481 e. The zero-order valence-electron chi connectivity index (χ0n) is 19.6. The Morgan fingerprint density at radius 1 is 1.21 bits per heavy atom. The van der Waals surface area contributed by atoms with E-state index in [0.29, 0.717) is 36.8 Å². The Labute approximate surface area is 197 Å². The van der Waals surface area contributed by atoms with Crippen LogP contribution in [-0.4, -0.2) is 70.0 Å². The normalized spacial score (nSPS) is 11.9. The van der Waals surface area contributed by atoms with Crippen LogP contribution in [0.25, 0.3) is 22.3 Å². The van der Waals surface area contributed by atoms with Gasteiger partial charge in [0.05, 0.1) is 32.4 Å². The maximum Gasteiger partial charge on any atom is 0.293 e. The maximum atomic E-state index is 13.2. The third-order valence-corrected chi connectivity index (χ3v) is 4.99. The minimum absolute atomic E-state index is 0.0150. The van der Waals surface area contributed by atoms with Crippen molar-refractivity contribution in [3.63, 3.8) is 0 Å². The molecule has 3 aromatic rings. The molecule has 0 fully saturated rings. The van der Waals surface area contributed by atoms with E-state index in [1.165, 1.54) is 0 Å². The minimum atomic E-state index is -0.390. The summed E-state index contributed by atoms with van der Waals surface area (Å²) in [4.78, 5) is 38.3. The molecular weight excluding hydrogens is 440 g/mol. The predicted octanol–water partition coefficient (Wildman–Crippen LogP) is 1.20. The number of methoxy groups -OCH3 is 1. The number of aliphatic hydroxyl groups is 1. The third-order valence-electron chi connectivity index (χ3n) is 4.99. The van der Waals surface area contributed by atoms with Crippen LogP contribution < -0.4 is 20.9 Å². The van der Waals surface area contributed by atoms with E-state index in [4.69, 9.17) is 14.6 Å². The zero-order valence-corrected chi connectivity index (χ0v) is 19.6. The second-order valence-electron chi connectivity index (χ2n) is 7.69. The van der Waals surface area contributed by atoms with Gasteiger partial charge in [0.15, 0.2) is 11.5 Å². The predicted molar refractivity (Wildman–Crippen MR) is 128 cm³/mol. The molecule has 0 radical (unpaired) electrons. The van der Waals surface area contributed by atoms with Gasteiger partial charge < -0.3 is 25.2 Å². The lowest BCUT2D eigenvalue weighted by Gasteiger charge is -2.15. The smallest absolute Gasteiger partial charge is 0.293 e. The summed E-state index contributed by atoms with van der Waals surface area (Å²) in [5.74, 6) is 0.148. The number of aromatic nitrogens is 4. The van der Waals surface area contributed by atoms with Crippen molar-refractivity contribution < 1.29 is 19.4 Å². The number of carbonyl (C=O) groups is 1. The molecule has 182 valence electrons. The number of amides is 1. The second-order valence-corrected chi connectivity index (χ2v) is 7.69. The van der Waals surface area contributed by atoms with Crippen LogP contribution in [0.1, 0.15) is 20.3 Å². The highest BCUT2D eigenvalue weighted by atomic mass is 16.5. The molecule has 1 amide bonds. The number of anilines is 1. The molecule has 0 aliphatic heterocycles. The second kappa shape index (κ2) is 12.1. The summed E-state index contributed by atoms with van der Waals surface area (Å²) < 4.78 is 12.2. The highest BCUT2D eigenvalue weighted by Crippen LogP contribution is 2.23. The van der Waals surface area contributed by atoms with E-state index in [1.54, 1.807) is 37.1 Å². The Kier molecular flexibility index (Phi) is 8.88. The number of rotatable bonds is 12. The van der Waals surface area contributed by atoms with Gasteiger partial charge in [0, 0.05) is 48.8 Å². The molecule has 11 nitrogen and oxygen atoms in total. The first kappa shape index (κ1) is 25.1. The summed E-state index contributed by atoms with van der Waals surface area (Å²) in [7, 11) is 1.55. The van der Waals surface area contributed by atoms with Crippen molar-refractivity contribution in [3.8, 4) is 17.0 Å². The molecule has 0 aliphatic carbocycles. The van der Waals surface area contributed by atoms with Crippen molar-refractivity contribution in [2.75, 3.05) is 38.8 Å². The Morgan fingerprint density at radius 3 is 2.68 bits per heavy atom. The van der Waals surface area contributed by atoms with Crippen LogP contribution in [0.3, 0.4) is 0 Å². The fraction of sp³-hybridized carbons (Fsp3) is 0.435. The number of hydrogen-bond donors (Lipinski definition) is 3. The van der Waals surface area contributed by atoms with Gasteiger partial charge in [-0.2, -0.15) is 0 Å². The standard InChI is InChI=1S/C23H30N6O5/c1-4-8-34-9-7-29-18-10-17(16-5-6-20(33-3)24-11-16)12-25-21(18)28-22(23(29)32)26-13-19(31)27-15(2)14-30/h5-6,10-12,15,30H,4,7-9,13-14H2,1-3H3,(H,27,31)(H,25,26,28). The fourth-order valence-electron chi connectivity index (χ4n) is 3.23. The van der Waals surface area contributed by atoms with Crippen LogP contribution in [0.5, 0.6) is 5.88 Å². The zero-order chi connectivity index (χ0) is 24.5. The average Bonchev–Trinajstić information content (AvgIpc) is 2.86. The van der Waals surface area contributed by atoms with E-state index in [0.717, 1.165) is 17.5 Å². The number of carbonyl (C=O) groups excluding carboxylic acids is 1. The van der Waals surface area contributed by atoms with E-state index >= 15 is 0 Å². The molecule has 0 aromatic carbocycles. The van der Waals surface area contributed by atoms with Crippen molar-refractivity contribution in [2.24, 2.45) is 0 Å². The van der Waals surface area contributed by atoms with Crippen molar-refractivity contribution in [1.29, 1.82) is 0 Å². The van der Waals surface area contributed by atoms with Gasteiger partial charge in [-0.1, -0.05) is 6.92 Å². The SMILES string of the molecule is CCCOCCn1c(=O)c(NCC(=O)NC(C)CO)nc2ncc(-c3ccc(OC)nc3)cc21. The van der Waals surface area contributed by atoms with Crippen LogP contribution in [0.15, 0.2) is 35.4 Å². The number of nitrogens with zero attached hydrogens (tertiary/aromatic N) is 4.